The van der Waals surface area contributed by atoms with Crippen LogP contribution in [-0.2, 0) is 12.1 Å². The normalized spacial score (nSPS) is 18.9. The second-order valence-corrected chi connectivity index (χ2v) is 7.93. The molecule has 4 aromatic heterocycles. The summed E-state index contributed by atoms with van der Waals surface area (Å²) in [4.78, 5) is 20.7. The van der Waals surface area contributed by atoms with E-state index in [-0.39, 0.29) is 6.17 Å². The number of fused-ring (bicyclic) bond motifs is 2. The molecular formula is C21H16N6OS. The van der Waals surface area contributed by atoms with Crippen LogP contribution in [0.2, 0.25) is 0 Å². The second-order valence-electron chi connectivity index (χ2n) is 7.07. The lowest BCUT2D eigenvalue weighted by molar-refractivity contribution is 0.0786. The highest BCUT2D eigenvalue weighted by Crippen LogP contribution is 2.39. The van der Waals surface area contributed by atoms with Gasteiger partial charge in [0.1, 0.15) is 21.9 Å². The van der Waals surface area contributed by atoms with E-state index < -0.39 is 5.60 Å². The van der Waals surface area contributed by atoms with E-state index in [0.717, 1.165) is 33.9 Å². The van der Waals surface area contributed by atoms with E-state index in [1.54, 1.807) is 6.20 Å². The number of aromatic amines is 1. The van der Waals surface area contributed by atoms with Gasteiger partial charge in [0.25, 0.3) is 0 Å². The molecule has 0 radical (unpaired) electrons. The minimum atomic E-state index is -1.09. The Kier molecular flexibility index (Phi) is 3.25. The molecule has 142 valence electrons. The molecule has 0 unspecified atom stereocenters. The zero-order valence-electron chi connectivity index (χ0n) is 16.2. The zero-order chi connectivity index (χ0) is 20.3. The van der Waals surface area contributed by atoms with Crippen LogP contribution in [0, 0.1) is 0 Å². The van der Waals surface area contributed by atoms with Gasteiger partial charge >= 0.3 is 0 Å². The van der Waals surface area contributed by atoms with Crippen molar-refractivity contribution in [1.82, 2.24) is 29.5 Å². The standard InChI is InChI=1S/C21H16N6OS/c28-21(4-8-27-9-7-24-20(21)27)14-3-1-2-13(10-14)16-12-29-19(26-16)15-11-25-18-17(15)22-5-6-23-18/h1-3,5-7,9-12,28H,4,8H2,(H,23,25)/t21-/m0/s1/i5D. The van der Waals surface area contributed by atoms with E-state index in [0.29, 0.717) is 23.4 Å². The Morgan fingerprint density at radius 1 is 1.24 bits per heavy atom. The third-order valence-corrected chi connectivity index (χ3v) is 6.31. The average molecular weight is 401 g/mol. The van der Waals surface area contributed by atoms with Crippen LogP contribution in [0.25, 0.3) is 33.0 Å². The van der Waals surface area contributed by atoms with Gasteiger partial charge < -0.3 is 14.7 Å². The molecule has 2 N–H and O–H groups in total. The molecule has 1 aromatic carbocycles. The summed E-state index contributed by atoms with van der Waals surface area (Å²) < 4.78 is 9.74. The Morgan fingerprint density at radius 2 is 2.21 bits per heavy atom. The molecular weight excluding hydrogens is 384 g/mol. The Labute approximate surface area is 171 Å². The number of aliphatic hydroxyl groups is 1. The summed E-state index contributed by atoms with van der Waals surface area (Å²) in [5, 5.41) is 14.1. The lowest BCUT2D eigenvalue weighted by Gasteiger charge is -2.22. The largest absolute Gasteiger partial charge is 0.377 e. The first-order chi connectivity index (χ1) is 14.6. The van der Waals surface area contributed by atoms with Crippen molar-refractivity contribution >= 4 is 22.5 Å². The zero-order valence-corrected chi connectivity index (χ0v) is 16.0. The fourth-order valence-corrected chi connectivity index (χ4v) is 4.80. The van der Waals surface area contributed by atoms with Crippen molar-refractivity contribution in [2.24, 2.45) is 0 Å². The van der Waals surface area contributed by atoms with Crippen LogP contribution < -0.4 is 0 Å². The highest BCUT2D eigenvalue weighted by atomic mass is 32.1. The summed E-state index contributed by atoms with van der Waals surface area (Å²) in [7, 11) is 0. The molecule has 0 spiro atoms. The fraction of sp³-hybridized carbons (Fsp3) is 0.143. The van der Waals surface area contributed by atoms with E-state index in [1.165, 1.54) is 17.5 Å². The van der Waals surface area contributed by atoms with Crippen LogP contribution in [0.5, 0.6) is 0 Å². The maximum Gasteiger partial charge on any atom is 0.156 e. The van der Waals surface area contributed by atoms with E-state index in [1.807, 2.05) is 46.6 Å². The number of hydrogen-bond donors (Lipinski definition) is 2. The van der Waals surface area contributed by atoms with E-state index in [4.69, 9.17) is 6.35 Å². The summed E-state index contributed by atoms with van der Waals surface area (Å²) in [6, 6.07) is 7.85. The van der Waals surface area contributed by atoms with Crippen LogP contribution in [0.1, 0.15) is 19.2 Å². The van der Waals surface area contributed by atoms with Gasteiger partial charge in [0.2, 0.25) is 0 Å². The first-order valence-corrected chi connectivity index (χ1v) is 10.1. The summed E-state index contributed by atoms with van der Waals surface area (Å²) in [6.07, 6.45) is 7.59. The molecule has 0 saturated heterocycles. The lowest BCUT2D eigenvalue weighted by atomic mass is 9.90. The number of thiazole rings is 1. The number of aromatic nitrogens is 6. The number of nitrogens with zero attached hydrogens (tertiary/aromatic N) is 5. The molecule has 5 heterocycles. The summed E-state index contributed by atoms with van der Waals surface area (Å²) in [5.74, 6) is 0.683. The van der Waals surface area contributed by atoms with Gasteiger partial charge in [-0.3, -0.25) is 4.98 Å². The molecule has 0 amide bonds. The van der Waals surface area contributed by atoms with Gasteiger partial charge in [-0.1, -0.05) is 18.2 Å². The minimum absolute atomic E-state index is 0.121. The highest BCUT2D eigenvalue weighted by Gasteiger charge is 2.40. The number of nitrogens with one attached hydrogen (secondary N) is 1. The maximum absolute atomic E-state index is 11.3. The van der Waals surface area contributed by atoms with Crippen LogP contribution in [-0.4, -0.2) is 34.6 Å². The molecule has 7 nitrogen and oxygen atoms in total. The molecule has 0 bridgehead atoms. The van der Waals surface area contributed by atoms with Gasteiger partial charge in [-0.15, -0.1) is 11.3 Å². The Balaban J connectivity index is 1.40. The lowest BCUT2D eigenvalue weighted by Crippen LogP contribution is -2.25. The third-order valence-electron chi connectivity index (χ3n) is 5.43. The fourth-order valence-electron chi connectivity index (χ4n) is 3.95. The van der Waals surface area contributed by atoms with Crippen LogP contribution in [0.3, 0.4) is 0 Å². The molecule has 1 aliphatic rings. The van der Waals surface area contributed by atoms with Crippen molar-refractivity contribution in [1.29, 1.82) is 0 Å². The Bertz CT molecular complexity index is 1410. The van der Waals surface area contributed by atoms with Gasteiger partial charge in [-0.25, -0.2) is 15.0 Å². The molecule has 8 heteroatoms. The van der Waals surface area contributed by atoms with Gasteiger partial charge in [0.15, 0.2) is 5.65 Å². The first kappa shape index (κ1) is 15.5. The quantitative estimate of drug-likeness (QED) is 0.482. The molecule has 1 aliphatic heterocycles. The first-order valence-electron chi connectivity index (χ1n) is 9.73. The van der Waals surface area contributed by atoms with Crippen molar-refractivity contribution < 1.29 is 6.48 Å². The Morgan fingerprint density at radius 3 is 3.17 bits per heavy atom. The van der Waals surface area contributed by atoms with Crippen molar-refractivity contribution in [3.8, 4) is 21.8 Å². The van der Waals surface area contributed by atoms with E-state index in [2.05, 4.69) is 19.9 Å². The van der Waals surface area contributed by atoms with Gasteiger partial charge in [-0.05, 0) is 11.6 Å². The predicted octanol–water partition coefficient (Wildman–Crippen LogP) is 3.58. The molecule has 1 atom stereocenters. The maximum atomic E-state index is 11.3. The molecule has 5 aromatic rings. The van der Waals surface area contributed by atoms with Gasteiger partial charge in [0.05, 0.1) is 12.6 Å². The van der Waals surface area contributed by atoms with Gasteiger partial charge in [0, 0.05) is 54.9 Å². The third kappa shape index (κ3) is 2.46. The number of imidazole rings is 1. The van der Waals surface area contributed by atoms with Crippen molar-refractivity contribution in [2.45, 2.75) is 18.6 Å². The van der Waals surface area contributed by atoms with Crippen LogP contribution in [0.4, 0.5) is 0 Å². The number of benzene rings is 1. The smallest absolute Gasteiger partial charge is 0.156 e. The predicted molar refractivity (Wildman–Crippen MR) is 110 cm³/mol. The number of rotatable bonds is 3. The number of H-pyrrole nitrogens is 1. The molecule has 0 saturated carbocycles. The van der Waals surface area contributed by atoms with E-state index >= 15 is 0 Å². The highest BCUT2D eigenvalue weighted by molar-refractivity contribution is 7.13. The van der Waals surface area contributed by atoms with Crippen molar-refractivity contribution in [3.05, 3.63) is 72.0 Å². The number of hydrogen-bond acceptors (Lipinski definition) is 6. The molecule has 6 rings (SSSR count). The topological polar surface area (TPSA) is 92.5 Å². The second kappa shape index (κ2) is 6.07. The SMILES string of the molecule is [2H]c1cnc2[nH]cc(-c3nc(-c4cccc([C@@]5(O)CCn6ccnc65)c4)cs3)c2n1. The monoisotopic (exact) mass is 401 g/mol. The average Bonchev–Trinajstić information content (AvgIpc) is 3.53. The summed E-state index contributed by atoms with van der Waals surface area (Å²) in [5.41, 5.74) is 3.59. The minimum Gasteiger partial charge on any atom is -0.377 e. The molecule has 0 fully saturated rings. The van der Waals surface area contributed by atoms with E-state index in [9.17, 15) is 5.11 Å². The summed E-state index contributed by atoms with van der Waals surface area (Å²) in [6.45, 7) is 0.747. The molecule has 29 heavy (non-hydrogen) atoms. The van der Waals surface area contributed by atoms with Crippen LogP contribution >= 0.6 is 11.3 Å². The van der Waals surface area contributed by atoms with Gasteiger partial charge in [-0.2, -0.15) is 0 Å². The number of aryl methyl sites for hydroxylation is 1. The summed E-state index contributed by atoms with van der Waals surface area (Å²) >= 11 is 1.51. The Hall–Kier alpha value is -3.36. The molecule has 0 aliphatic carbocycles. The van der Waals surface area contributed by atoms with Crippen molar-refractivity contribution in [3.63, 3.8) is 0 Å². The van der Waals surface area contributed by atoms with Crippen LogP contribution in [0.15, 0.2) is 60.6 Å². The van der Waals surface area contributed by atoms with Crippen molar-refractivity contribution in [2.75, 3.05) is 0 Å².